The van der Waals surface area contributed by atoms with Crippen LogP contribution in [0.4, 0.5) is 5.69 Å². The summed E-state index contributed by atoms with van der Waals surface area (Å²) < 4.78 is 4.93. The van der Waals surface area contributed by atoms with E-state index in [0.29, 0.717) is 17.9 Å². The Morgan fingerprint density at radius 1 is 1.00 bits per heavy atom. The molecule has 1 amide bonds. The zero-order valence-corrected chi connectivity index (χ0v) is 15.7. The van der Waals surface area contributed by atoms with Gasteiger partial charge in [-0.2, -0.15) is 0 Å². The van der Waals surface area contributed by atoms with Crippen LogP contribution >= 0.6 is 0 Å². The highest BCUT2D eigenvalue weighted by Crippen LogP contribution is 2.22. The topological polar surface area (TPSA) is 55.4 Å². The molecule has 0 bridgehead atoms. The fourth-order valence-corrected chi connectivity index (χ4v) is 2.35. The average Bonchev–Trinajstić information content (AvgIpc) is 2.60. The van der Waals surface area contributed by atoms with Gasteiger partial charge in [0.25, 0.3) is 0 Å². The predicted octanol–water partition coefficient (Wildman–Crippen LogP) is 4.81. The summed E-state index contributed by atoms with van der Waals surface area (Å²) >= 11 is 0. The van der Waals surface area contributed by atoms with Gasteiger partial charge in [-0.15, -0.1) is 0 Å². The van der Waals surface area contributed by atoms with Crippen LogP contribution in [0, 0.1) is 0 Å². The first-order valence-corrected chi connectivity index (χ1v) is 8.66. The zero-order valence-electron chi connectivity index (χ0n) is 15.7. The van der Waals surface area contributed by atoms with Crippen LogP contribution in [0.1, 0.15) is 49.2 Å². The van der Waals surface area contributed by atoms with E-state index in [0.717, 1.165) is 5.56 Å². The number of hydrogen-bond donors (Lipinski definition) is 1. The first kappa shape index (κ1) is 19.4. The number of esters is 1. The van der Waals surface area contributed by atoms with Gasteiger partial charge in [0.05, 0.1) is 12.2 Å². The molecule has 26 heavy (non-hydrogen) atoms. The predicted molar refractivity (Wildman–Crippen MR) is 105 cm³/mol. The van der Waals surface area contributed by atoms with Crippen LogP contribution < -0.4 is 5.32 Å². The minimum Gasteiger partial charge on any atom is -0.462 e. The second kappa shape index (κ2) is 8.48. The van der Waals surface area contributed by atoms with Crippen molar-refractivity contribution in [1.82, 2.24) is 0 Å². The third-order valence-corrected chi connectivity index (χ3v) is 3.87. The maximum Gasteiger partial charge on any atom is 0.338 e. The van der Waals surface area contributed by atoms with Gasteiger partial charge in [0.2, 0.25) is 5.91 Å². The molecular formula is C22H25NO3. The van der Waals surface area contributed by atoms with Gasteiger partial charge >= 0.3 is 5.97 Å². The number of anilines is 1. The zero-order chi connectivity index (χ0) is 19.2. The van der Waals surface area contributed by atoms with Gasteiger partial charge in [-0.1, -0.05) is 45.0 Å². The Kier molecular flexibility index (Phi) is 6.34. The van der Waals surface area contributed by atoms with Gasteiger partial charge in [0, 0.05) is 11.8 Å². The summed E-state index contributed by atoms with van der Waals surface area (Å²) in [6, 6.07) is 14.8. The van der Waals surface area contributed by atoms with E-state index in [-0.39, 0.29) is 17.3 Å². The van der Waals surface area contributed by atoms with Gasteiger partial charge < -0.3 is 10.1 Å². The maximum atomic E-state index is 12.0. The van der Waals surface area contributed by atoms with Crippen molar-refractivity contribution >= 4 is 23.6 Å². The highest BCUT2D eigenvalue weighted by atomic mass is 16.5. The number of carbonyl (C=O) groups is 2. The molecule has 0 unspecified atom stereocenters. The van der Waals surface area contributed by atoms with Crippen molar-refractivity contribution in [2.75, 3.05) is 11.9 Å². The molecule has 0 spiro atoms. The minimum atomic E-state index is -0.371. The molecule has 0 atom stereocenters. The van der Waals surface area contributed by atoms with E-state index < -0.39 is 0 Å². The number of carbonyl (C=O) groups excluding carboxylic acids is 2. The second-order valence-corrected chi connectivity index (χ2v) is 6.99. The summed E-state index contributed by atoms with van der Waals surface area (Å²) in [6.45, 7) is 8.59. The van der Waals surface area contributed by atoms with E-state index in [1.165, 1.54) is 11.6 Å². The summed E-state index contributed by atoms with van der Waals surface area (Å²) in [4.78, 5) is 23.6. The van der Waals surface area contributed by atoms with E-state index in [1.807, 2.05) is 12.1 Å². The molecule has 0 saturated heterocycles. The maximum absolute atomic E-state index is 12.0. The molecule has 0 radical (unpaired) electrons. The first-order valence-electron chi connectivity index (χ1n) is 8.66. The van der Waals surface area contributed by atoms with E-state index in [2.05, 4.69) is 38.2 Å². The van der Waals surface area contributed by atoms with Crippen molar-refractivity contribution in [1.29, 1.82) is 0 Å². The molecule has 0 aliphatic rings. The van der Waals surface area contributed by atoms with Crippen molar-refractivity contribution < 1.29 is 14.3 Å². The quantitative estimate of drug-likeness (QED) is 0.621. The standard InChI is InChI=1S/C22H25NO3/c1-5-26-21(25)17-9-13-19(14-10-17)23-20(24)15-8-16-6-11-18(12-7-16)22(2,3)4/h6-15H,5H2,1-4H3,(H,23,24)/b15-8+. The van der Waals surface area contributed by atoms with E-state index in [1.54, 1.807) is 37.3 Å². The van der Waals surface area contributed by atoms with Crippen LogP contribution in [-0.2, 0) is 14.9 Å². The number of amides is 1. The van der Waals surface area contributed by atoms with E-state index >= 15 is 0 Å². The Bertz CT molecular complexity index is 782. The lowest BCUT2D eigenvalue weighted by Gasteiger charge is -2.18. The third-order valence-electron chi connectivity index (χ3n) is 3.87. The molecule has 0 saturated carbocycles. The molecule has 0 fully saturated rings. The lowest BCUT2D eigenvalue weighted by atomic mass is 9.87. The van der Waals surface area contributed by atoms with Crippen LogP contribution in [0.5, 0.6) is 0 Å². The number of ether oxygens (including phenoxy) is 1. The molecule has 136 valence electrons. The molecule has 2 rings (SSSR count). The van der Waals surface area contributed by atoms with Crippen molar-refractivity contribution in [3.63, 3.8) is 0 Å². The lowest BCUT2D eigenvalue weighted by Crippen LogP contribution is -2.10. The fraction of sp³-hybridized carbons (Fsp3) is 0.273. The first-order chi connectivity index (χ1) is 12.3. The van der Waals surface area contributed by atoms with Crippen molar-refractivity contribution in [2.24, 2.45) is 0 Å². The van der Waals surface area contributed by atoms with E-state index in [9.17, 15) is 9.59 Å². The Balaban J connectivity index is 1.95. The van der Waals surface area contributed by atoms with Gasteiger partial charge in [0.1, 0.15) is 0 Å². The minimum absolute atomic E-state index is 0.106. The summed E-state index contributed by atoms with van der Waals surface area (Å²) in [5.74, 6) is -0.599. The Labute approximate surface area is 154 Å². The highest BCUT2D eigenvalue weighted by Gasteiger charge is 2.12. The highest BCUT2D eigenvalue weighted by molar-refractivity contribution is 6.02. The van der Waals surface area contributed by atoms with E-state index in [4.69, 9.17) is 4.74 Å². The second-order valence-electron chi connectivity index (χ2n) is 6.99. The molecule has 2 aromatic carbocycles. The fourth-order valence-electron chi connectivity index (χ4n) is 2.35. The smallest absolute Gasteiger partial charge is 0.338 e. The van der Waals surface area contributed by atoms with Crippen LogP contribution in [0.25, 0.3) is 6.08 Å². The Morgan fingerprint density at radius 3 is 2.15 bits per heavy atom. The Morgan fingerprint density at radius 2 is 1.62 bits per heavy atom. The van der Waals surface area contributed by atoms with Gasteiger partial charge in [-0.3, -0.25) is 4.79 Å². The molecule has 0 aliphatic heterocycles. The molecular weight excluding hydrogens is 326 g/mol. The van der Waals surface area contributed by atoms with Crippen molar-refractivity contribution in [2.45, 2.75) is 33.1 Å². The monoisotopic (exact) mass is 351 g/mol. The molecule has 2 aromatic rings. The third kappa shape index (κ3) is 5.59. The lowest BCUT2D eigenvalue weighted by molar-refractivity contribution is -0.111. The van der Waals surface area contributed by atoms with Crippen LogP contribution in [0.15, 0.2) is 54.6 Å². The molecule has 0 heterocycles. The van der Waals surface area contributed by atoms with Crippen molar-refractivity contribution in [3.05, 3.63) is 71.3 Å². The number of rotatable bonds is 5. The number of nitrogens with one attached hydrogen (secondary N) is 1. The van der Waals surface area contributed by atoms with Gasteiger partial charge in [-0.05, 0) is 53.8 Å². The van der Waals surface area contributed by atoms with Crippen LogP contribution in [0.3, 0.4) is 0 Å². The summed E-state index contributed by atoms with van der Waals surface area (Å²) in [7, 11) is 0. The summed E-state index contributed by atoms with van der Waals surface area (Å²) in [5.41, 5.74) is 3.40. The average molecular weight is 351 g/mol. The van der Waals surface area contributed by atoms with Crippen LogP contribution in [-0.4, -0.2) is 18.5 Å². The van der Waals surface area contributed by atoms with Crippen molar-refractivity contribution in [3.8, 4) is 0 Å². The number of benzene rings is 2. The largest absolute Gasteiger partial charge is 0.462 e. The summed E-state index contributed by atoms with van der Waals surface area (Å²) in [5, 5.41) is 2.77. The SMILES string of the molecule is CCOC(=O)c1ccc(NC(=O)/C=C/c2ccc(C(C)(C)C)cc2)cc1. The molecule has 4 heteroatoms. The Hall–Kier alpha value is -2.88. The van der Waals surface area contributed by atoms with Gasteiger partial charge in [-0.25, -0.2) is 4.79 Å². The molecule has 0 aromatic heterocycles. The normalized spacial score (nSPS) is 11.4. The molecule has 4 nitrogen and oxygen atoms in total. The molecule has 0 aliphatic carbocycles. The van der Waals surface area contributed by atoms with Crippen LogP contribution in [0.2, 0.25) is 0 Å². The summed E-state index contributed by atoms with van der Waals surface area (Å²) in [6.07, 6.45) is 3.26. The number of hydrogen-bond acceptors (Lipinski definition) is 3. The molecule has 1 N–H and O–H groups in total. The van der Waals surface area contributed by atoms with Gasteiger partial charge in [0.15, 0.2) is 0 Å².